The summed E-state index contributed by atoms with van der Waals surface area (Å²) in [6.45, 7) is 2.55. The first-order valence-electron chi connectivity index (χ1n) is 4.33. The predicted molar refractivity (Wildman–Crippen MR) is 47.1 cm³/mol. The Balaban J connectivity index is 1.89. The van der Waals surface area contributed by atoms with Crippen molar-refractivity contribution in [1.82, 2.24) is 20.5 Å². The highest BCUT2D eigenvalue weighted by atomic mass is 16.5. The molecule has 1 aromatic rings. The molecule has 4 N–H and O–H groups in total. The number of aromatic nitrogens is 3. The van der Waals surface area contributed by atoms with Gasteiger partial charge in [-0.2, -0.15) is 4.98 Å². The van der Waals surface area contributed by atoms with Gasteiger partial charge in [0.1, 0.15) is 5.82 Å². The Morgan fingerprint density at radius 1 is 1.62 bits per heavy atom. The van der Waals surface area contributed by atoms with Crippen molar-refractivity contribution in [1.29, 1.82) is 0 Å². The minimum Gasteiger partial charge on any atom is -0.375 e. The molecule has 1 saturated heterocycles. The number of nitrogens with zero attached hydrogens (tertiary/aromatic N) is 2. The van der Waals surface area contributed by atoms with Crippen LogP contribution in [0.1, 0.15) is 5.82 Å². The topological polar surface area (TPSA) is 88.8 Å². The minimum absolute atomic E-state index is 0.182. The van der Waals surface area contributed by atoms with Gasteiger partial charge in [0, 0.05) is 19.5 Å². The summed E-state index contributed by atoms with van der Waals surface area (Å²) in [4.78, 5) is 4.01. The fourth-order valence-corrected chi connectivity index (χ4v) is 1.37. The normalized spacial score (nSPS) is 23.2. The van der Waals surface area contributed by atoms with Crippen molar-refractivity contribution in [3.63, 3.8) is 0 Å². The van der Waals surface area contributed by atoms with Crippen LogP contribution in [-0.4, -0.2) is 41.0 Å². The van der Waals surface area contributed by atoms with Gasteiger partial charge in [0.05, 0.1) is 12.7 Å². The van der Waals surface area contributed by atoms with Crippen LogP contribution in [-0.2, 0) is 11.2 Å². The number of H-pyrrole nitrogens is 1. The number of nitrogens with two attached hydrogens (primary N) is 1. The molecule has 0 spiro atoms. The van der Waals surface area contributed by atoms with E-state index in [-0.39, 0.29) is 6.10 Å². The van der Waals surface area contributed by atoms with Crippen LogP contribution < -0.4 is 11.1 Å². The molecular weight excluding hydrogens is 170 g/mol. The standard InChI is InChI=1S/C7H13N5O/c8-7-10-6(11-12-7)3-5-4-9-1-2-13-5/h5,9H,1-4H2,(H3,8,10,11,12). The van der Waals surface area contributed by atoms with Crippen LogP contribution in [0.4, 0.5) is 5.95 Å². The van der Waals surface area contributed by atoms with E-state index in [2.05, 4.69) is 20.5 Å². The van der Waals surface area contributed by atoms with E-state index in [1.165, 1.54) is 0 Å². The summed E-state index contributed by atoms with van der Waals surface area (Å²) in [5, 5.41) is 9.75. The molecule has 0 amide bonds. The van der Waals surface area contributed by atoms with E-state index in [0.717, 1.165) is 31.9 Å². The van der Waals surface area contributed by atoms with Gasteiger partial charge in [0.25, 0.3) is 0 Å². The Kier molecular flexibility index (Phi) is 2.42. The first-order chi connectivity index (χ1) is 6.34. The highest BCUT2D eigenvalue weighted by Gasteiger charge is 2.15. The molecule has 1 fully saturated rings. The number of anilines is 1. The quantitative estimate of drug-likeness (QED) is 0.542. The average molecular weight is 183 g/mol. The predicted octanol–water partition coefficient (Wildman–Crippen LogP) is -1.08. The van der Waals surface area contributed by atoms with Gasteiger partial charge in [0.15, 0.2) is 0 Å². The Bertz CT molecular complexity index is 268. The molecule has 0 radical (unpaired) electrons. The van der Waals surface area contributed by atoms with Crippen LogP contribution in [0.3, 0.4) is 0 Å². The fraction of sp³-hybridized carbons (Fsp3) is 0.714. The van der Waals surface area contributed by atoms with E-state index in [1.54, 1.807) is 0 Å². The molecule has 1 aliphatic heterocycles. The molecule has 2 rings (SSSR count). The van der Waals surface area contributed by atoms with Crippen LogP contribution in [0.25, 0.3) is 0 Å². The molecule has 1 aromatic heterocycles. The third kappa shape index (κ3) is 2.16. The number of morpholine rings is 1. The van der Waals surface area contributed by atoms with Crippen molar-refractivity contribution in [2.24, 2.45) is 0 Å². The Morgan fingerprint density at radius 2 is 2.54 bits per heavy atom. The van der Waals surface area contributed by atoms with E-state index < -0.39 is 0 Å². The van der Waals surface area contributed by atoms with Crippen LogP contribution in [0, 0.1) is 0 Å². The summed E-state index contributed by atoms with van der Waals surface area (Å²) < 4.78 is 5.50. The number of ether oxygens (including phenoxy) is 1. The summed E-state index contributed by atoms with van der Waals surface area (Å²) in [6, 6.07) is 0. The van der Waals surface area contributed by atoms with E-state index >= 15 is 0 Å². The lowest BCUT2D eigenvalue weighted by molar-refractivity contribution is 0.0281. The Hall–Kier alpha value is -1.14. The third-order valence-corrected chi connectivity index (χ3v) is 1.97. The summed E-state index contributed by atoms with van der Waals surface area (Å²) in [5.74, 6) is 1.07. The molecular formula is C7H13N5O. The summed E-state index contributed by atoms with van der Waals surface area (Å²) in [6.07, 6.45) is 0.915. The van der Waals surface area contributed by atoms with Crippen molar-refractivity contribution >= 4 is 5.95 Å². The molecule has 1 aliphatic rings. The van der Waals surface area contributed by atoms with Crippen molar-refractivity contribution in [3.8, 4) is 0 Å². The maximum Gasteiger partial charge on any atom is 0.239 e. The van der Waals surface area contributed by atoms with Crippen molar-refractivity contribution in [2.45, 2.75) is 12.5 Å². The minimum atomic E-state index is 0.182. The average Bonchev–Trinajstić information content (AvgIpc) is 2.53. The first kappa shape index (κ1) is 8.46. The van der Waals surface area contributed by atoms with Gasteiger partial charge in [-0.15, -0.1) is 5.10 Å². The molecule has 6 nitrogen and oxygen atoms in total. The van der Waals surface area contributed by atoms with Crippen molar-refractivity contribution < 1.29 is 4.74 Å². The molecule has 0 bridgehead atoms. The summed E-state index contributed by atoms with van der Waals surface area (Å²) in [5.41, 5.74) is 5.37. The SMILES string of the molecule is Nc1n[nH]c(CC2CNCCO2)n1. The van der Waals surface area contributed by atoms with Gasteiger partial charge < -0.3 is 15.8 Å². The molecule has 6 heteroatoms. The Labute approximate surface area is 75.9 Å². The van der Waals surface area contributed by atoms with Gasteiger partial charge in [-0.25, -0.2) is 0 Å². The van der Waals surface area contributed by atoms with Gasteiger partial charge in [-0.1, -0.05) is 0 Å². The van der Waals surface area contributed by atoms with Crippen LogP contribution in [0.5, 0.6) is 0 Å². The second-order valence-corrected chi connectivity index (χ2v) is 3.04. The Morgan fingerprint density at radius 3 is 3.15 bits per heavy atom. The van der Waals surface area contributed by atoms with Gasteiger partial charge in [-0.05, 0) is 0 Å². The van der Waals surface area contributed by atoms with Gasteiger partial charge >= 0.3 is 0 Å². The van der Waals surface area contributed by atoms with Crippen LogP contribution in [0.2, 0.25) is 0 Å². The van der Waals surface area contributed by atoms with E-state index in [0.29, 0.717) is 5.95 Å². The smallest absolute Gasteiger partial charge is 0.239 e. The molecule has 0 aliphatic carbocycles. The second kappa shape index (κ2) is 3.71. The van der Waals surface area contributed by atoms with Gasteiger partial charge in [-0.3, -0.25) is 5.10 Å². The van der Waals surface area contributed by atoms with E-state index in [9.17, 15) is 0 Å². The number of rotatable bonds is 2. The van der Waals surface area contributed by atoms with Gasteiger partial charge in [0.2, 0.25) is 5.95 Å². The molecule has 0 saturated carbocycles. The monoisotopic (exact) mass is 183 g/mol. The van der Waals surface area contributed by atoms with Crippen LogP contribution >= 0.6 is 0 Å². The highest BCUT2D eigenvalue weighted by molar-refractivity contribution is 5.12. The summed E-state index contributed by atoms with van der Waals surface area (Å²) >= 11 is 0. The van der Waals surface area contributed by atoms with E-state index in [4.69, 9.17) is 10.5 Å². The number of nitrogen functional groups attached to an aromatic ring is 1. The highest BCUT2D eigenvalue weighted by Crippen LogP contribution is 2.03. The van der Waals surface area contributed by atoms with Crippen molar-refractivity contribution in [3.05, 3.63) is 5.82 Å². The molecule has 1 unspecified atom stereocenters. The molecule has 1 atom stereocenters. The van der Waals surface area contributed by atoms with E-state index in [1.807, 2.05) is 0 Å². The molecule has 13 heavy (non-hydrogen) atoms. The lowest BCUT2D eigenvalue weighted by Crippen LogP contribution is -2.39. The molecule has 2 heterocycles. The lowest BCUT2D eigenvalue weighted by atomic mass is 10.2. The zero-order chi connectivity index (χ0) is 9.10. The fourth-order valence-electron chi connectivity index (χ4n) is 1.37. The van der Waals surface area contributed by atoms with Crippen molar-refractivity contribution in [2.75, 3.05) is 25.4 Å². The largest absolute Gasteiger partial charge is 0.375 e. The summed E-state index contributed by atoms with van der Waals surface area (Å²) in [7, 11) is 0. The number of aromatic amines is 1. The first-order valence-corrected chi connectivity index (χ1v) is 4.33. The lowest BCUT2D eigenvalue weighted by Gasteiger charge is -2.22. The zero-order valence-electron chi connectivity index (χ0n) is 7.29. The molecule has 0 aromatic carbocycles. The zero-order valence-corrected chi connectivity index (χ0v) is 7.29. The second-order valence-electron chi connectivity index (χ2n) is 3.04. The number of hydrogen-bond acceptors (Lipinski definition) is 5. The molecule has 72 valence electrons. The van der Waals surface area contributed by atoms with Crippen LogP contribution in [0.15, 0.2) is 0 Å². The maximum absolute atomic E-state index is 5.50. The third-order valence-electron chi connectivity index (χ3n) is 1.97. The number of hydrogen-bond donors (Lipinski definition) is 3. The number of nitrogens with one attached hydrogen (secondary N) is 2. The maximum atomic E-state index is 5.50.